The predicted octanol–water partition coefficient (Wildman–Crippen LogP) is 4.34. The number of benzene rings is 2. The lowest BCUT2D eigenvalue weighted by molar-refractivity contribution is 0.393. The molecular formula is C16H17ClO2. The molecule has 100 valence electrons. The van der Waals surface area contributed by atoms with E-state index in [4.69, 9.17) is 21.1 Å². The van der Waals surface area contributed by atoms with Crippen molar-refractivity contribution in [3.8, 4) is 11.5 Å². The molecule has 19 heavy (non-hydrogen) atoms. The summed E-state index contributed by atoms with van der Waals surface area (Å²) in [5.74, 6) is 1.49. The first kappa shape index (κ1) is 13.8. The average Bonchev–Trinajstić information content (AvgIpc) is 2.46. The molecule has 0 radical (unpaired) electrons. The Bertz CT molecular complexity index is 527. The van der Waals surface area contributed by atoms with Gasteiger partial charge in [0.15, 0.2) is 0 Å². The Morgan fingerprint density at radius 2 is 1.37 bits per heavy atom. The van der Waals surface area contributed by atoms with Crippen LogP contribution in [-0.2, 0) is 0 Å². The molecule has 0 bridgehead atoms. The Balaban J connectivity index is 2.37. The second kappa shape index (κ2) is 5.98. The predicted molar refractivity (Wildman–Crippen MR) is 78.4 cm³/mol. The second-order valence-electron chi connectivity index (χ2n) is 4.42. The number of hydrogen-bond donors (Lipinski definition) is 0. The third-order valence-electron chi connectivity index (χ3n) is 3.04. The highest BCUT2D eigenvalue weighted by Crippen LogP contribution is 2.34. The number of aryl methyl sites for hydroxylation is 1. The summed E-state index contributed by atoms with van der Waals surface area (Å²) in [6, 6.07) is 13.9. The molecule has 0 aromatic heterocycles. The minimum Gasteiger partial charge on any atom is -0.497 e. The lowest BCUT2D eigenvalue weighted by Gasteiger charge is -2.13. The molecule has 2 nitrogen and oxygen atoms in total. The fourth-order valence-electron chi connectivity index (χ4n) is 1.90. The van der Waals surface area contributed by atoms with Crippen LogP contribution in [0.2, 0.25) is 0 Å². The molecule has 2 rings (SSSR count). The Morgan fingerprint density at radius 1 is 0.842 bits per heavy atom. The molecule has 1 atom stereocenters. The summed E-state index contributed by atoms with van der Waals surface area (Å²) < 4.78 is 10.5. The molecule has 0 fully saturated rings. The Hall–Kier alpha value is -1.67. The Kier molecular flexibility index (Phi) is 4.33. The van der Waals surface area contributed by atoms with Gasteiger partial charge in [-0.3, -0.25) is 0 Å². The first-order valence-electron chi connectivity index (χ1n) is 6.07. The van der Waals surface area contributed by atoms with Crippen molar-refractivity contribution in [1.29, 1.82) is 0 Å². The van der Waals surface area contributed by atoms with E-state index < -0.39 is 0 Å². The van der Waals surface area contributed by atoms with Crippen LogP contribution in [0.25, 0.3) is 0 Å². The highest BCUT2D eigenvalue weighted by atomic mass is 35.5. The zero-order chi connectivity index (χ0) is 13.8. The van der Waals surface area contributed by atoms with Crippen LogP contribution in [-0.4, -0.2) is 14.2 Å². The second-order valence-corrected chi connectivity index (χ2v) is 4.86. The lowest BCUT2D eigenvalue weighted by Crippen LogP contribution is -1.96. The number of hydrogen-bond acceptors (Lipinski definition) is 2. The van der Waals surface area contributed by atoms with Crippen LogP contribution in [0.15, 0.2) is 42.5 Å². The van der Waals surface area contributed by atoms with E-state index in [1.54, 1.807) is 14.2 Å². The van der Waals surface area contributed by atoms with Gasteiger partial charge in [-0.15, -0.1) is 11.6 Å². The minimum atomic E-state index is -0.218. The molecule has 0 saturated heterocycles. The Morgan fingerprint density at radius 3 is 1.84 bits per heavy atom. The van der Waals surface area contributed by atoms with Crippen LogP contribution >= 0.6 is 11.6 Å². The zero-order valence-corrected chi connectivity index (χ0v) is 12.1. The molecule has 0 heterocycles. The van der Waals surface area contributed by atoms with Gasteiger partial charge in [-0.1, -0.05) is 29.8 Å². The van der Waals surface area contributed by atoms with Crippen LogP contribution in [0.5, 0.6) is 11.5 Å². The molecule has 0 aliphatic carbocycles. The van der Waals surface area contributed by atoms with Gasteiger partial charge < -0.3 is 9.47 Å². The third kappa shape index (κ3) is 3.21. The fourth-order valence-corrected chi connectivity index (χ4v) is 2.18. The normalized spacial score (nSPS) is 12.0. The van der Waals surface area contributed by atoms with Crippen molar-refractivity contribution in [3.05, 3.63) is 59.2 Å². The standard InChI is InChI=1S/C16H17ClO2/c1-11-4-6-12(7-5-11)16(17)13-8-14(18-2)10-15(9-13)19-3/h4-10,16H,1-3H3. The Labute approximate surface area is 118 Å². The number of alkyl halides is 1. The van der Waals surface area contributed by atoms with Gasteiger partial charge in [-0.05, 0) is 30.2 Å². The van der Waals surface area contributed by atoms with Gasteiger partial charge >= 0.3 is 0 Å². The number of ether oxygens (including phenoxy) is 2. The van der Waals surface area contributed by atoms with Crippen LogP contribution in [0, 0.1) is 6.92 Å². The maximum atomic E-state index is 6.53. The van der Waals surface area contributed by atoms with Crippen molar-refractivity contribution in [2.45, 2.75) is 12.3 Å². The van der Waals surface area contributed by atoms with Gasteiger partial charge in [0, 0.05) is 6.07 Å². The fraction of sp³-hybridized carbons (Fsp3) is 0.250. The van der Waals surface area contributed by atoms with Crippen molar-refractivity contribution in [1.82, 2.24) is 0 Å². The first-order valence-corrected chi connectivity index (χ1v) is 6.51. The van der Waals surface area contributed by atoms with Gasteiger partial charge in [0.25, 0.3) is 0 Å². The van der Waals surface area contributed by atoms with E-state index in [1.165, 1.54) is 5.56 Å². The SMILES string of the molecule is COc1cc(OC)cc(C(Cl)c2ccc(C)cc2)c1. The monoisotopic (exact) mass is 276 g/mol. The summed E-state index contributed by atoms with van der Waals surface area (Å²) in [6.07, 6.45) is 0. The highest BCUT2D eigenvalue weighted by molar-refractivity contribution is 6.22. The van der Waals surface area contributed by atoms with Crippen molar-refractivity contribution < 1.29 is 9.47 Å². The van der Waals surface area contributed by atoms with E-state index in [9.17, 15) is 0 Å². The average molecular weight is 277 g/mol. The summed E-state index contributed by atoms with van der Waals surface area (Å²) in [7, 11) is 3.27. The topological polar surface area (TPSA) is 18.5 Å². The quantitative estimate of drug-likeness (QED) is 0.774. The number of rotatable bonds is 4. The smallest absolute Gasteiger partial charge is 0.122 e. The van der Waals surface area contributed by atoms with Gasteiger partial charge in [0.1, 0.15) is 11.5 Å². The van der Waals surface area contributed by atoms with Crippen LogP contribution in [0.3, 0.4) is 0 Å². The number of methoxy groups -OCH3 is 2. The van der Waals surface area contributed by atoms with Gasteiger partial charge in [0.2, 0.25) is 0 Å². The number of halogens is 1. The third-order valence-corrected chi connectivity index (χ3v) is 3.54. The van der Waals surface area contributed by atoms with Crippen LogP contribution in [0.1, 0.15) is 22.1 Å². The molecule has 2 aromatic rings. The van der Waals surface area contributed by atoms with E-state index in [0.717, 1.165) is 22.6 Å². The molecule has 1 unspecified atom stereocenters. The van der Waals surface area contributed by atoms with E-state index in [-0.39, 0.29) is 5.38 Å². The van der Waals surface area contributed by atoms with Crippen molar-refractivity contribution >= 4 is 11.6 Å². The van der Waals surface area contributed by atoms with Gasteiger partial charge in [-0.25, -0.2) is 0 Å². The summed E-state index contributed by atoms with van der Waals surface area (Å²) in [5, 5.41) is -0.218. The molecule has 0 saturated carbocycles. The minimum absolute atomic E-state index is 0.218. The van der Waals surface area contributed by atoms with Crippen molar-refractivity contribution in [2.75, 3.05) is 14.2 Å². The first-order chi connectivity index (χ1) is 9.13. The van der Waals surface area contributed by atoms with Gasteiger partial charge in [-0.2, -0.15) is 0 Å². The molecule has 0 N–H and O–H groups in total. The van der Waals surface area contributed by atoms with E-state index >= 15 is 0 Å². The highest BCUT2D eigenvalue weighted by Gasteiger charge is 2.13. The summed E-state index contributed by atoms with van der Waals surface area (Å²) in [4.78, 5) is 0. The molecule has 3 heteroatoms. The lowest BCUT2D eigenvalue weighted by atomic mass is 10.0. The molecule has 0 aliphatic heterocycles. The van der Waals surface area contributed by atoms with Crippen molar-refractivity contribution in [2.24, 2.45) is 0 Å². The van der Waals surface area contributed by atoms with E-state index in [2.05, 4.69) is 19.1 Å². The van der Waals surface area contributed by atoms with E-state index in [1.807, 2.05) is 30.3 Å². The zero-order valence-electron chi connectivity index (χ0n) is 11.3. The van der Waals surface area contributed by atoms with E-state index in [0.29, 0.717) is 0 Å². The summed E-state index contributed by atoms with van der Waals surface area (Å²) in [5.41, 5.74) is 3.24. The van der Waals surface area contributed by atoms with Crippen LogP contribution < -0.4 is 9.47 Å². The summed E-state index contributed by atoms with van der Waals surface area (Å²) in [6.45, 7) is 2.06. The maximum absolute atomic E-state index is 6.53. The molecule has 0 aliphatic rings. The van der Waals surface area contributed by atoms with Gasteiger partial charge in [0.05, 0.1) is 19.6 Å². The largest absolute Gasteiger partial charge is 0.497 e. The van der Waals surface area contributed by atoms with Crippen molar-refractivity contribution in [3.63, 3.8) is 0 Å². The summed E-state index contributed by atoms with van der Waals surface area (Å²) >= 11 is 6.53. The molecule has 0 spiro atoms. The molecular weight excluding hydrogens is 260 g/mol. The molecule has 0 amide bonds. The maximum Gasteiger partial charge on any atom is 0.122 e. The van der Waals surface area contributed by atoms with Crippen LogP contribution in [0.4, 0.5) is 0 Å². The molecule has 2 aromatic carbocycles.